The van der Waals surface area contributed by atoms with E-state index >= 15 is 0 Å². The zero-order valence-corrected chi connectivity index (χ0v) is 22.0. The first-order chi connectivity index (χ1) is 19.9. The van der Waals surface area contributed by atoms with E-state index in [-0.39, 0.29) is 23.2 Å². The molecule has 0 bridgehead atoms. The van der Waals surface area contributed by atoms with Gasteiger partial charge in [0, 0.05) is 24.2 Å². The highest BCUT2D eigenvalue weighted by Gasteiger charge is 2.30. The molecule has 0 saturated heterocycles. The van der Waals surface area contributed by atoms with Crippen molar-refractivity contribution < 1.29 is 36.6 Å². The SMILES string of the molecule is C[C@H](NC(=O)c1cc(-c2cc(F)cc(F)c2)cc2ccn(Cc3cccc(C(F)(F)F)c3)c12)c1ccc(C(=O)O)cc1. The minimum atomic E-state index is -4.52. The van der Waals surface area contributed by atoms with Crippen LogP contribution in [0, 0.1) is 11.6 Å². The number of carboxylic acids is 1. The fourth-order valence-electron chi connectivity index (χ4n) is 4.86. The van der Waals surface area contributed by atoms with Crippen molar-refractivity contribution in [1.29, 1.82) is 0 Å². The predicted octanol–water partition coefficient (Wildman–Crippen LogP) is 7.84. The van der Waals surface area contributed by atoms with Crippen LogP contribution in [0.3, 0.4) is 0 Å². The Labute approximate surface area is 236 Å². The first-order valence-corrected chi connectivity index (χ1v) is 12.8. The maximum atomic E-state index is 14.0. The van der Waals surface area contributed by atoms with Crippen LogP contribution in [0.2, 0.25) is 0 Å². The summed E-state index contributed by atoms with van der Waals surface area (Å²) in [7, 11) is 0. The molecule has 0 radical (unpaired) electrons. The highest BCUT2D eigenvalue weighted by atomic mass is 19.4. The number of fused-ring (bicyclic) bond motifs is 1. The summed E-state index contributed by atoms with van der Waals surface area (Å²) < 4.78 is 69.7. The number of aromatic nitrogens is 1. The van der Waals surface area contributed by atoms with Crippen molar-refractivity contribution in [2.75, 3.05) is 0 Å². The molecule has 2 N–H and O–H groups in total. The van der Waals surface area contributed by atoms with Gasteiger partial charge >= 0.3 is 12.1 Å². The Balaban J connectivity index is 1.57. The molecule has 0 aliphatic rings. The van der Waals surface area contributed by atoms with Crippen LogP contribution in [-0.2, 0) is 12.7 Å². The molecule has 1 amide bonds. The number of nitrogens with zero attached hydrogens (tertiary/aromatic N) is 1. The molecule has 4 aromatic carbocycles. The van der Waals surface area contributed by atoms with Crippen molar-refractivity contribution >= 4 is 22.8 Å². The van der Waals surface area contributed by atoms with Gasteiger partial charge in [0.05, 0.1) is 28.2 Å². The Bertz CT molecular complexity index is 1790. The number of hydrogen-bond acceptors (Lipinski definition) is 2. The molecule has 0 fully saturated rings. The molecule has 214 valence electrons. The van der Waals surface area contributed by atoms with E-state index in [1.54, 1.807) is 48.0 Å². The maximum Gasteiger partial charge on any atom is 0.416 e. The molecule has 0 saturated carbocycles. The second-order valence-corrected chi connectivity index (χ2v) is 9.88. The number of hydrogen-bond donors (Lipinski definition) is 2. The Kier molecular flexibility index (Phi) is 7.55. The van der Waals surface area contributed by atoms with Gasteiger partial charge in [0.1, 0.15) is 11.6 Å². The van der Waals surface area contributed by atoms with Crippen LogP contribution in [-0.4, -0.2) is 21.6 Å². The predicted molar refractivity (Wildman–Crippen MR) is 147 cm³/mol. The molecular weight excluding hydrogens is 555 g/mol. The largest absolute Gasteiger partial charge is 0.478 e. The maximum absolute atomic E-state index is 14.0. The fourth-order valence-corrected chi connectivity index (χ4v) is 4.86. The summed E-state index contributed by atoms with van der Waals surface area (Å²) in [4.78, 5) is 24.9. The molecule has 5 rings (SSSR count). The quantitative estimate of drug-likeness (QED) is 0.193. The number of nitrogens with one attached hydrogen (secondary N) is 1. The van der Waals surface area contributed by atoms with E-state index in [1.165, 1.54) is 24.3 Å². The topological polar surface area (TPSA) is 71.3 Å². The fraction of sp³-hybridized carbons (Fsp3) is 0.125. The van der Waals surface area contributed by atoms with Crippen molar-refractivity contribution in [3.05, 3.63) is 131 Å². The Morgan fingerprint density at radius 2 is 1.55 bits per heavy atom. The third kappa shape index (κ3) is 6.02. The van der Waals surface area contributed by atoms with Gasteiger partial charge in [-0.15, -0.1) is 0 Å². The van der Waals surface area contributed by atoms with E-state index < -0.39 is 41.3 Å². The van der Waals surface area contributed by atoms with E-state index in [0.717, 1.165) is 30.3 Å². The first kappa shape index (κ1) is 28.5. The lowest BCUT2D eigenvalue weighted by Gasteiger charge is -2.17. The molecule has 42 heavy (non-hydrogen) atoms. The van der Waals surface area contributed by atoms with Crippen molar-refractivity contribution in [2.45, 2.75) is 25.7 Å². The highest BCUT2D eigenvalue weighted by molar-refractivity contribution is 6.08. The highest BCUT2D eigenvalue weighted by Crippen LogP contribution is 2.32. The summed E-state index contributed by atoms with van der Waals surface area (Å²) in [5.74, 6) is -3.22. The summed E-state index contributed by atoms with van der Waals surface area (Å²) in [5, 5.41) is 12.6. The molecular formula is C32H23F5N2O3. The van der Waals surface area contributed by atoms with Crippen molar-refractivity contribution in [2.24, 2.45) is 0 Å². The third-order valence-electron chi connectivity index (χ3n) is 6.91. The molecule has 0 spiro atoms. The van der Waals surface area contributed by atoms with Gasteiger partial charge in [-0.3, -0.25) is 4.79 Å². The molecule has 1 heterocycles. The Morgan fingerprint density at radius 1 is 0.881 bits per heavy atom. The Hall–Kier alpha value is -4.99. The van der Waals surface area contributed by atoms with E-state index in [0.29, 0.717) is 27.6 Å². The minimum absolute atomic E-state index is 0.0217. The smallest absolute Gasteiger partial charge is 0.416 e. The number of benzene rings is 4. The average Bonchev–Trinajstić information content (AvgIpc) is 3.34. The molecule has 0 unspecified atom stereocenters. The number of aromatic carboxylic acids is 1. The van der Waals surface area contributed by atoms with Gasteiger partial charge in [0.25, 0.3) is 5.91 Å². The molecule has 1 atom stereocenters. The van der Waals surface area contributed by atoms with Gasteiger partial charge in [-0.1, -0.05) is 24.3 Å². The van der Waals surface area contributed by atoms with Crippen molar-refractivity contribution in [1.82, 2.24) is 9.88 Å². The summed E-state index contributed by atoms with van der Waals surface area (Å²) in [6.45, 7) is 1.73. The van der Waals surface area contributed by atoms with Crippen LogP contribution in [0.4, 0.5) is 22.0 Å². The number of carbonyl (C=O) groups excluding carboxylic acids is 1. The second-order valence-electron chi connectivity index (χ2n) is 9.88. The van der Waals surface area contributed by atoms with Crippen molar-refractivity contribution in [3.63, 3.8) is 0 Å². The number of halogens is 5. The monoisotopic (exact) mass is 578 g/mol. The molecule has 5 aromatic rings. The van der Waals surface area contributed by atoms with Gasteiger partial charge in [-0.05, 0) is 83.8 Å². The minimum Gasteiger partial charge on any atom is -0.478 e. The lowest BCUT2D eigenvalue weighted by molar-refractivity contribution is -0.137. The molecule has 5 nitrogen and oxygen atoms in total. The first-order valence-electron chi connectivity index (χ1n) is 12.8. The summed E-state index contributed by atoms with van der Waals surface area (Å²) in [6.07, 6.45) is -2.89. The molecule has 0 aliphatic carbocycles. The average molecular weight is 579 g/mol. The zero-order valence-electron chi connectivity index (χ0n) is 22.0. The van der Waals surface area contributed by atoms with Crippen LogP contribution in [0.25, 0.3) is 22.0 Å². The third-order valence-corrected chi connectivity index (χ3v) is 6.91. The van der Waals surface area contributed by atoms with Gasteiger partial charge < -0.3 is 15.0 Å². The zero-order chi connectivity index (χ0) is 30.2. The van der Waals surface area contributed by atoms with E-state index in [2.05, 4.69) is 5.32 Å². The van der Waals surface area contributed by atoms with E-state index in [1.807, 2.05) is 0 Å². The second kappa shape index (κ2) is 11.1. The number of amides is 1. The molecule has 1 aromatic heterocycles. The van der Waals surface area contributed by atoms with Crippen LogP contribution < -0.4 is 5.32 Å². The molecule has 10 heteroatoms. The summed E-state index contributed by atoms with van der Waals surface area (Å²) in [5.41, 5.74) is 1.39. The van der Waals surface area contributed by atoms with E-state index in [4.69, 9.17) is 5.11 Å². The standard InChI is InChI=1S/C32H23F5N2O3/c1-18(20-5-7-21(8-6-20)31(41)42)38-30(40)28-15-23(24-13-26(33)16-27(34)14-24)12-22-9-10-39(29(22)28)17-19-3-2-4-25(11-19)32(35,36)37/h2-16,18H,17H2,1H3,(H,38,40)(H,41,42)/t18-/m0/s1. The van der Waals surface area contributed by atoms with Crippen LogP contribution in [0.1, 0.15) is 50.4 Å². The van der Waals surface area contributed by atoms with Crippen molar-refractivity contribution in [3.8, 4) is 11.1 Å². The number of carbonyl (C=O) groups is 2. The number of alkyl halides is 3. The summed E-state index contributed by atoms with van der Waals surface area (Å²) in [6, 6.07) is 18.1. The van der Waals surface area contributed by atoms with Crippen LogP contribution in [0.15, 0.2) is 91.1 Å². The van der Waals surface area contributed by atoms with Gasteiger partial charge in [-0.25, -0.2) is 13.6 Å². The summed E-state index contributed by atoms with van der Waals surface area (Å²) >= 11 is 0. The molecule has 0 aliphatic heterocycles. The van der Waals surface area contributed by atoms with Crippen LogP contribution >= 0.6 is 0 Å². The number of carboxylic acid groups (broad SMARTS) is 1. The Morgan fingerprint density at radius 3 is 2.19 bits per heavy atom. The van der Waals surface area contributed by atoms with Gasteiger partial charge in [-0.2, -0.15) is 13.2 Å². The number of rotatable bonds is 7. The van der Waals surface area contributed by atoms with E-state index in [9.17, 15) is 31.5 Å². The lowest BCUT2D eigenvalue weighted by Crippen LogP contribution is -2.27. The van der Waals surface area contributed by atoms with Gasteiger partial charge in [0.15, 0.2) is 0 Å². The van der Waals surface area contributed by atoms with Gasteiger partial charge in [0.2, 0.25) is 0 Å². The normalized spacial score (nSPS) is 12.3. The van der Waals surface area contributed by atoms with Crippen LogP contribution in [0.5, 0.6) is 0 Å². The lowest BCUT2D eigenvalue weighted by atomic mass is 9.99.